The zero-order valence-corrected chi connectivity index (χ0v) is 30.3. The van der Waals surface area contributed by atoms with Crippen molar-refractivity contribution in [2.24, 2.45) is 0 Å². The molecule has 0 aliphatic rings. The number of anilines is 3. The maximum Gasteiger partial charge on any atom is 0.0547 e. The van der Waals surface area contributed by atoms with Crippen LogP contribution in [-0.2, 0) is 0 Å². The highest BCUT2D eigenvalue weighted by atomic mass is 32.1. The third-order valence-electron chi connectivity index (χ3n) is 10.6. The molecule has 0 aliphatic heterocycles. The van der Waals surface area contributed by atoms with Crippen molar-refractivity contribution in [1.82, 2.24) is 0 Å². The Morgan fingerprint density at radius 1 is 0.340 bits per heavy atom. The van der Waals surface area contributed by atoms with Gasteiger partial charge in [-0.15, -0.1) is 22.7 Å². The minimum absolute atomic E-state index is 1.14. The summed E-state index contributed by atoms with van der Waals surface area (Å²) < 4.78 is 5.28. The molecular formula is C50H31NS2. The second-order valence-corrected chi connectivity index (χ2v) is 15.7. The first kappa shape index (κ1) is 30.4. The van der Waals surface area contributed by atoms with Crippen LogP contribution in [-0.4, -0.2) is 0 Å². The molecule has 0 amide bonds. The fourth-order valence-electron chi connectivity index (χ4n) is 8.33. The molecule has 1 nitrogen and oxygen atoms in total. The number of hydrogen-bond acceptors (Lipinski definition) is 3. The molecule has 3 heteroatoms. The van der Waals surface area contributed by atoms with Gasteiger partial charge in [-0.05, 0) is 58.5 Å². The lowest BCUT2D eigenvalue weighted by atomic mass is 9.92. The summed E-state index contributed by atoms with van der Waals surface area (Å²) in [5, 5.41) is 10.2. The molecule has 53 heavy (non-hydrogen) atoms. The van der Waals surface area contributed by atoms with Gasteiger partial charge in [0.05, 0.1) is 11.4 Å². The number of nitrogens with zero attached hydrogens (tertiary/aromatic N) is 1. The molecule has 9 aromatic carbocycles. The van der Waals surface area contributed by atoms with E-state index in [1.165, 1.54) is 95.5 Å². The summed E-state index contributed by atoms with van der Waals surface area (Å²) in [6, 6.07) is 69.0. The van der Waals surface area contributed by atoms with E-state index in [9.17, 15) is 0 Å². The summed E-state index contributed by atoms with van der Waals surface area (Å²) in [5.74, 6) is 0. The molecule has 0 spiro atoms. The van der Waals surface area contributed by atoms with Gasteiger partial charge in [0.2, 0.25) is 0 Å². The van der Waals surface area contributed by atoms with Crippen LogP contribution in [0.25, 0.3) is 84.1 Å². The molecule has 0 atom stereocenters. The summed E-state index contributed by atoms with van der Waals surface area (Å²) in [7, 11) is 0. The monoisotopic (exact) mass is 709 g/mol. The SMILES string of the molecule is c1ccc(-c2ccc(-c3cccc4sc5c6ccccc6c(N(c6ccccc6)c6cccc7ccccc67)cc5c34)c3sc4ccccc4c23)cc1. The first-order valence-electron chi connectivity index (χ1n) is 18.0. The van der Waals surface area contributed by atoms with E-state index in [2.05, 4.69) is 193 Å². The summed E-state index contributed by atoms with van der Waals surface area (Å²) >= 11 is 3.82. The molecular weight excluding hydrogens is 679 g/mol. The van der Waals surface area contributed by atoms with E-state index in [1.54, 1.807) is 0 Å². The Bertz CT molecular complexity index is 3170. The Kier molecular flexibility index (Phi) is 6.97. The molecule has 0 radical (unpaired) electrons. The number of fused-ring (bicyclic) bond motifs is 9. The molecule has 0 N–H and O–H groups in total. The molecule has 248 valence electrons. The summed E-state index contributed by atoms with van der Waals surface area (Å²) in [4.78, 5) is 2.47. The average Bonchev–Trinajstić information content (AvgIpc) is 3.81. The zero-order valence-electron chi connectivity index (χ0n) is 28.7. The Morgan fingerprint density at radius 2 is 0.962 bits per heavy atom. The Balaban J connectivity index is 1.24. The van der Waals surface area contributed by atoms with Crippen LogP contribution in [0.2, 0.25) is 0 Å². The van der Waals surface area contributed by atoms with Gasteiger partial charge < -0.3 is 4.90 Å². The van der Waals surface area contributed by atoms with Gasteiger partial charge in [0.25, 0.3) is 0 Å². The van der Waals surface area contributed by atoms with Gasteiger partial charge in [0.15, 0.2) is 0 Å². The standard InChI is InChI=1S/C50H31NS2/c1-3-15-33(16-4-1)36-29-30-40(50-48(36)41-24-11-12-27-45(41)52-50)38-25-14-28-46-47(38)42-31-44(37-22-9-10-23-39(37)49(42)53-46)51(34-19-5-2-6-20-34)43-26-13-18-32-17-7-8-21-35(32)43/h1-31H. The quantitative estimate of drug-likeness (QED) is 0.172. The van der Waals surface area contributed by atoms with Crippen molar-refractivity contribution in [3.05, 3.63) is 188 Å². The van der Waals surface area contributed by atoms with Crippen LogP contribution >= 0.6 is 22.7 Å². The first-order chi connectivity index (χ1) is 26.3. The van der Waals surface area contributed by atoms with Crippen LogP contribution < -0.4 is 4.90 Å². The van der Waals surface area contributed by atoms with E-state index in [1.807, 2.05) is 22.7 Å². The number of thiophene rings is 2. The molecule has 0 fully saturated rings. The fraction of sp³-hybridized carbons (Fsp3) is 0. The normalized spacial score (nSPS) is 11.8. The van der Waals surface area contributed by atoms with Crippen LogP contribution in [0.4, 0.5) is 17.1 Å². The Labute approximate surface area is 315 Å². The fourth-order valence-corrected chi connectivity index (χ4v) is 10.8. The summed E-state index contributed by atoms with van der Waals surface area (Å²) in [5.41, 5.74) is 8.58. The van der Waals surface area contributed by atoms with Crippen LogP contribution in [0.15, 0.2) is 188 Å². The van der Waals surface area contributed by atoms with Crippen molar-refractivity contribution in [3.8, 4) is 22.3 Å². The average molecular weight is 710 g/mol. The lowest BCUT2D eigenvalue weighted by Gasteiger charge is -2.28. The Morgan fingerprint density at radius 3 is 1.81 bits per heavy atom. The number of rotatable bonds is 5. The molecule has 2 heterocycles. The topological polar surface area (TPSA) is 3.24 Å². The second-order valence-electron chi connectivity index (χ2n) is 13.6. The van der Waals surface area contributed by atoms with Crippen LogP contribution in [0.5, 0.6) is 0 Å². The third kappa shape index (κ3) is 4.75. The summed E-state index contributed by atoms with van der Waals surface area (Å²) in [6.45, 7) is 0. The van der Waals surface area contributed by atoms with Crippen molar-refractivity contribution in [1.29, 1.82) is 0 Å². The molecule has 2 aromatic heterocycles. The number of benzene rings is 9. The van der Waals surface area contributed by atoms with Crippen molar-refractivity contribution >= 4 is 102 Å². The molecule has 11 rings (SSSR count). The van der Waals surface area contributed by atoms with Gasteiger partial charge in [-0.3, -0.25) is 0 Å². The smallest absolute Gasteiger partial charge is 0.0547 e. The lowest BCUT2D eigenvalue weighted by Crippen LogP contribution is -2.11. The maximum atomic E-state index is 2.47. The van der Waals surface area contributed by atoms with Gasteiger partial charge in [-0.1, -0.05) is 152 Å². The molecule has 0 aliphatic carbocycles. The minimum atomic E-state index is 1.14. The predicted molar refractivity (Wildman–Crippen MR) is 233 cm³/mol. The maximum absolute atomic E-state index is 2.47. The summed E-state index contributed by atoms with van der Waals surface area (Å²) in [6.07, 6.45) is 0. The van der Waals surface area contributed by atoms with Crippen molar-refractivity contribution < 1.29 is 0 Å². The molecule has 0 saturated carbocycles. The van der Waals surface area contributed by atoms with E-state index in [4.69, 9.17) is 0 Å². The highest BCUT2D eigenvalue weighted by molar-refractivity contribution is 7.27. The number of hydrogen-bond donors (Lipinski definition) is 0. The molecule has 0 unspecified atom stereocenters. The van der Waals surface area contributed by atoms with Gasteiger partial charge in [0, 0.05) is 67.8 Å². The minimum Gasteiger partial charge on any atom is -0.309 e. The Hall–Kier alpha value is -6.26. The van der Waals surface area contributed by atoms with Crippen LogP contribution in [0.1, 0.15) is 0 Å². The van der Waals surface area contributed by atoms with Gasteiger partial charge >= 0.3 is 0 Å². The van der Waals surface area contributed by atoms with Crippen molar-refractivity contribution in [2.75, 3.05) is 4.90 Å². The van der Waals surface area contributed by atoms with E-state index in [0.29, 0.717) is 0 Å². The molecule has 0 bridgehead atoms. The van der Waals surface area contributed by atoms with E-state index in [0.717, 1.165) is 5.69 Å². The van der Waals surface area contributed by atoms with Crippen molar-refractivity contribution in [2.45, 2.75) is 0 Å². The largest absolute Gasteiger partial charge is 0.309 e. The van der Waals surface area contributed by atoms with Crippen LogP contribution in [0.3, 0.4) is 0 Å². The van der Waals surface area contributed by atoms with Crippen LogP contribution in [0, 0.1) is 0 Å². The highest BCUT2D eigenvalue weighted by Crippen LogP contribution is 2.51. The second kappa shape index (κ2) is 12.2. The van der Waals surface area contributed by atoms with E-state index in [-0.39, 0.29) is 0 Å². The van der Waals surface area contributed by atoms with Gasteiger partial charge in [0.1, 0.15) is 0 Å². The number of para-hydroxylation sites is 1. The van der Waals surface area contributed by atoms with E-state index < -0.39 is 0 Å². The van der Waals surface area contributed by atoms with Gasteiger partial charge in [-0.2, -0.15) is 0 Å². The lowest BCUT2D eigenvalue weighted by molar-refractivity contribution is 1.32. The molecule has 0 saturated heterocycles. The van der Waals surface area contributed by atoms with Gasteiger partial charge in [-0.25, -0.2) is 0 Å². The molecule has 11 aromatic rings. The first-order valence-corrected chi connectivity index (χ1v) is 19.6. The van der Waals surface area contributed by atoms with E-state index >= 15 is 0 Å². The zero-order chi connectivity index (χ0) is 34.9. The highest BCUT2D eigenvalue weighted by Gasteiger charge is 2.23. The predicted octanol–water partition coefficient (Wildman–Crippen LogP) is 15.5. The van der Waals surface area contributed by atoms with Crippen molar-refractivity contribution in [3.63, 3.8) is 0 Å². The third-order valence-corrected chi connectivity index (χ3v) is 13.1.